The van der Waals surface area contributed by atoms with E-state index in [0.29, 0.717) is 24.2 Å². The van der Waals surface area contributed by atoms with Crippen LogP contribution < -0.4 is 5.32 Å². The lowest BCUT2D eigenvalue weighted by atomic mass is 9.83. The fourth-order valence-electron chi connectivity index (χ4n) is 3.63. The van der Waals surface area contributed by atoms with Crippen LogP contribution in [0.3, 0.4) is 0 Å². The smallest absolute Gasteiger partial charge is 0.338 e. The van der Waals surface area contributed by atoms with Crippen LogP contribution in [-0.2, 0) is 4.74 Å². The lowest BCUT2D eigenvalue weighted by Crippen LogP contribution is -2.38. The fourth-order valence-corrected chi connectivity index (χ4v) is 3.63. The number of benzene rings is 1. The third-order valence-corrected chi connectivity index (χ3v) is 5.55. The molecule has 0 radical (unpaired) electrons. The molecule has 2 atom stereocenters. The van der Waals surface area contributed by atoms with E-state index in [-0.39, 0.29) is 28.6 Å². The number of carbonyl (C=O) groups excluding carboxylic acids is 2. The number of ether oxygens (including phenoxy) is 1. The van der Waals surface area contributed by atoms with Gasteiger partial charge >= 0.3 is 5.97 Å². The summed E-state index contributed by atoms with van der Waals surface area (Å²) in [6, 6.07) is 5.36. The maximum atomic E-state index is 12.5. The lowest BCUT2D eigenvalue weighted by molar-refractivity contribution is 0.0526. The van der Waals surface area contributed by atoms with Gasteiger partial charge in [0, 0.05) is 23.7 Å². The van der Waals surface area contributed by atoms with Gasteiger partial charge < -0.3 is 10.1 Å². The molecule has 1 aliphatic carbocycles. The van der Waals surface area contributed by atoms with Gasteiger partial charge in [0.25, 0.3) is 0 Å². The first-order valence-electron chi connectivity index (χ1n) is 7.89. The number of anilines is 1. The fraction of sp³-hybridized carbons (Fsp3) is 0.556. The van der Waals surface area contributed by atoms with Crippen molar-refractivity contribution < 1.29 is 14.3 Å². The minimum atomic E-state index is -0.379. The molecular formula is C18H23NO3. The Hall–Kier alpha value is -1.84. The molecule has 0 saturated heterocycles. The van der Waals surface area contributed by atoms with Crippen LogP contribution in [0.5, 0.6) is 0 Å². The Bertz CT molecular complexity index is 650. The number of carbonyl (C=O) groups is 2. The number of fused-ring (bicyclic) bond motifs is 1. The maximum Gasteiger partial charge on any atom is 0.338 e. The zero-order chi connectivity index (χ0) is 16.1. The predicted molar refractivity (Wildman–Crippen MR) is 85.3 cm³/mol. The summed E-state index contributed by atoms with van der Waals surface area (Å²) in [7, 11) is 0. The summed E-state index contributed by atoms with van der Waals surface area (Å²) in [4.78, 5) is 24.3. The van der Waals surface area contributed by atoms with Crippen LogP contribution in [0.2, 0.25) is 0 Å². The summed E-state index contributed by atoms with van der Waals surface area (Å²) in [5.74, 6) is -0.274. The summed E-state index contributed by atoms with van der Waals surface area (Å²) < 4.78 is 5.00. The Kier molecular flexibility index (Phi) is 3.31. The second kappa shape index (κ2) is 4.83. The van der Waals surface area contributed by atoms with Crippen molar-refractivity contribution in [3.8, 4) is 0 Å². The van der Waals surface area contributed by atoms with Gasteiger partial charge in [0.15, 0.2) is 5.78 Å². The van der Waals surface area contributed by atoms with E-state index in [4.69, 9.17) is 4.74 Å². The molecule has 0 bridgehead atoms. The van der Waals surface area contributed by atoms with Gasteiger partial charge in [0.1, 0.15) is 0 Å². The van der Waals surface area contributed by atoms with Gasteiger partial charge in [-0.3, -0.25) is 4.79 Å². The first-order valence-corrected chi connectivity index (χ1v) is 7.89. The molecule has 1 aliphatic heterocycles. The third-order valence-electron chi connectivity index (χ3n) is 5.55. The average Bonchev–Trinajstić information content (AvgIpc) is 2.99. The van der Waals surface area contributed by atoms with Crippen LogP contribution in [-0.4, -0.2) is 24.4 Å². The van der Waals surface area contributed by atoms with Crippen molar-refractivity contribution in [2.75, 3.05) is 11.9 Å². The molecule has 0 aromatic heterocycles. The third kappa shape index (κ3) is 2.21. The second-order valence-corrected chi connectivity index (χ2v) is 7.28. The Morgan fingerprint density at radius 3 is 2.64 bits per heavy atom. The molecule has 3 rings (SSSR count). The molecule has 1 N–H and O–H groups in total. The summed E-state index contributed by atoms with van der Waals surface area (Å²) in [6.45, 7) is 8.84. The maximum absolute atomic E-state index is 12.5. The highest BCUT2D eigenvalue weighted by Crippen LogP contribution is 2.66. The standard InChI is InChI=1S/C18H23NO3/c1-5-22-16(21)11-6-7-13-12(8-11)14(20)9-15(19-13)18(4)10-17(18,2)3/h6-8,15,19H,5,9-10H2,1-4H3. The zero-order valence-electron chi connectivity index (χ0n) is 13.7. The SMILES string of the molecule is CCOC(=O)c1ccc2c(c1)C(=O)CC(C1(C)CC1(C)C)N2. The van der Waals surface area contributed by atoms with E-state index in [9.17, 15) is 9.59 Å². The quantitative estimate of drug-likeness (QED) is 0.866. The largest absolute Gasteiger partial charge is 0.462 e. The normalized spacial score (nSPS) is 28.5. The average molecular weight is 301 g/mol. The molecule has 0 spiro atoms. The molecule has 1 aromatic carbocycles. The number of nitrogens with one attached hydrogen (secondary N) is 1. The highest BCUT2D eigenvalue weighted by molar-refractivity contribution is 6.05. The van der Waals surface area contributed by atoms with Crippen molar-refractivity contribution in [1.82, 2.24) is 0 Å². The minimum absolute atomic E-state index is 0.105. The van der Waals surface area contributed by atoms with Gasteiger partial charge in [-0.15, -0.1) is 0 Å². The van der Waals surface area contributed by atoms with Gasteiger partial charge in [-0.1, -0.05) is 20.8 Å². The Labute approximate surface area is 131 Å². The van der Waals surface area contributed by atoms with Crippen molar-refractivity contribution in [1.29, 1.82) is 0 Å². The number of hydrogen-bond acceptors (Lipinski definition) is 4. The molecule has 1 aromatic rings. The Morgan fingerprint density at radius 1 is 1.36 bits per heavy atom. The molecule has 1 fully saturated rings. The van der Waals surface area contributed by atoms with E-state index in [1.807, 2.05) is 6.07 Å². The van der Waals surface area contributed by atoms with Crippen LogP contribution in [0.15, 0.2) is 18.2 Å². The number of Topliss-reactive ketones (excluding diaryl/α,β-unsaturated/α-hetero) is 1. The summed E-state index contributed by atoms with van der Waals surface area (Å²) in [5.41, 5.74) is 2.29. The zero-order valence-corrected chi connectivity index (χ0v) is 13.7. The van der Waals surface area contributed by atoms with E-state index in [1.54, 1.807) is 19.1 Å². The molecule has 4 nitrogen and oxygen atoms in total. The van der Waals surface area contributed by atoms with Gasteiger partial charge in [0.05, 0.1) is 12.2 Å². The second-order valence-electron chi connectivity index (χ2n) is 7.28. The molecule has 2 aliphatic rings. The van der Waals surface area contributed by atoms with E-state index in [2.05, 4.69) is 26.1 Å². The highest BCUT2D eigenvalue weighted by Gasteiger charge is 2.62. The number of esters is 1. The number of hydrogen-bond donors (Lipinski definition) is 1. The van der Waals surface area contributed by atoms with Gasteiger partial charge in [-0.2, -0.15) is 0 Å². The van der Waals surface area contributed by atoms with Gasteiger partial charge in [-0.05, 0) is 42.4 Å². The van der Waals surface area contributed by atoms with E-state index in [1.165, 1.54) is 0 Å². The molecule has 4 heteroatoms. The number of rotatable bonds is 3. The summed E-state index contributed by atoms with van der Waals surface area (Å²) >= 11 is 0. The van der Waals surface area contributed by atoms with Crippen LogP contribution >= 0.6 is 0 Å². The number of ketones is 1. The first kappa shape index (κ1) is 15.1. The predicted octanol–water partition coefficient (Wildman–Crippen LogP) is 3.67. The van der Waals surface area contributed by atoms with Crippen molar-refractivity contribution in [2.24, 2.45) is 10.8 Å². The van der Waals surface area contributed by atoms with E-state index < -0.39 is 0 Å². The van der Waals surface area contributed by atoms with Gasteiger partial charge in [-0.25, -0.2) is 4.79 Å². The molecule has 118 valence electrons. The summed E-state index contributed by atoms with van der Waals surface area (Å²) in [6.07, 6.45) is 1.61. The summed E-state index contributed by atoms with van der Waals surface area (Å²) in [5, 5.41) is 3.51. The molecule has 1 saturated carbocycles. The minimum Gasteiger partial charge on any atom is -0.462 e. The van der Waals surface area contributed by atoms with Gasteiger partial charge in [0.2, 0.25) is 0 Å². The van der Waals surface area contributed by atoms with Crippen LogP contribution in [0.4, 0.5) is 5.69 Å². The van der Waals surface area contributed by atoms with Crippen molar-refractivity contribution in [2.45, 2.75) is 46.6 Å². The van der Waals surface area contributed by atoms with Crippen LogP contribution in [0.25, 0.3) is 0 Å². The molecule has 0 amide bonds. The van der Waals surface area contributed by atoms with Crippen molar-refractivity contribution >= 4 is 17.4 Å². The Balaban J connectivity index is 1.87. The molecule has 22 heavy (non-hydrogen) atoms. The van der Waals surface area contributed by atoms with Crippen LogP contribution in [0, 0.1) is 10.8 Å². The monoisotopic (exact) mass is 301 g/mol. The highest BCUT2D eigenvalue weighted by atomic mass is 16.5. The van der Waals surface area contributed by atoms with Crippen molar-refractivity contribution in [3.63, 3.8) is 0 Å². The van der Waals surface area contributed by atoms with E-state index >= 15 is 0 Å². The lowest BCUT2D eigenvalue weighted by Gasteiger charge is -2.33. The van der Waals surface area contributed by atoms with E-state index in [0.717, 1.165) is 12.1 Å². The topological polar surface area (TPSA) is 55.4 Å². The molecule has 2 unspecified atom stereocenters. The molecule has 1 heterocycles. The van der Waals surface area contributed by atoms with Crippen molar-refractivity contribution in [3.05, 3.63) is 29.3 Å². The first-order chi connectivity index (χ1) is 10.3. The van der Waals surface area contributed by atoms with Crippen LogP contribution in [0.1, 0.15) is 61.3 Å². The molecular weight excluding hydrogens is 278 g/mol. The Morgan fingerprint density at radius 2 is 2.05 bits per heavy atom.